The number of hydrogen-bond donors (Lipinski definition) is 1. The quantitative estimate of drug-likeness (QED) is 0.762. The minimum absolute atomic E-state index is 0.248. The largest absolute Gasteiger partial charge is 0.365 e. The van der Waals surface area contributed by atoms with Crippen molar-refractivity contribution in [1.29, 1.82) is 0 Å². The summed E-state index contributed by atoms with van der Waals surface area (Å²) in [6, 6.07) is 14.5. The van der Waals surface area contributed by atoms with Crippen LogP contribution in [0.5, 0.6) is 0 Å². The highest BCUT2D eigenvalue weighted by molar-refractivity contribution is 5.75. The summed E-state index contributed by atoms with van der Waals surface area (Å²) in [6.07, 6.45) is 1.75. The normalized spacial score (nSPS) is 10.7. The van der Waals surface area contributed by atoms with Crippen LogP contribution in [0.2, 0.25) is 0 Å². The molecule has 0 aliphatic carbocycles. The lowest BCUT2D eigenvalue weighted by molar-refractivity contribution is 0.627. The zero-order valence-electron chi connectivity index (χ0n) is 9.68. The fourth-order valence-corrected chi connectivity index (χ4v) is 1.91. The van der Waals surface area contributed by atoms with E-state index in [0.29, 0.717) is 12.4 Å². The van der Waals surface area contributed by atoms with E-state index in [1.807, 2.05) is 28.8 Å². The van der Waals surface area contributed by atoms with Gasteiger partial charge in [0.1, 0.15) is 5.82 Å². The third-order valence-corrected chi connectivity index (χ3v) is 2.84. The molecule has 0 saturated heterocycles. The van der Waals surface area contributed by atoms with Crippen molar-refractivity contribution in [2.75, 3.05) is 5.32 Å². The van der Waals surface area contributed by atoms with Crippen molar-refractivity contribution in [2.45, 2.75) is 6.67 Å². The summed E-state index contributed by atoms with van der Waals surface area (Å²) in [7, 11) is 0. The lowest BCUT2D eigenvalue weighted by Gasteiger charge is -2.08. The number of para-hydroxylation sites is 3. The van der Waals surface area contributed by atoms with Crippen molar-refractivity contribution in [3.05, 3.63) is 60.7 Å². The Balaban J connectivity index is 1.83. The van der Waals surface area contributed by atoms with Crippen molar-refractivity contribution in [3.63, 3.8) is 0 Å². The minimum Gasteiger partial charge on any atom is -0.365 e. The zero-order valence-corrected chi connectivity index (χ0v) is 9.68. The van der Waals surface area contributed by atoms with Crippen LogP contribution in [-0.4, -0.2) is 9.55 Å². The van der Waals surface area contributed by atoms with Crippen molar-refractivity contribution >= 4 is 16.7 Å². The molecule has 0 aliphatic rings. The molecule has 0 spiro atoms. The lowest BCUT2D eigenvalue weighted by Crippen LogP contribution is -2.07. The van der Waals surface area contributed by atoms with Crippen LogP contribution in [0.4, 0.5) is 10.1 Å². The molecule has 18 heavy (non-hydrogen) atoms. The summed E-state index contributed by atoms with van der Waals surface area (Å²) in [6.45, 7) is 0.488. The maximum atomic E-state index is 13.4. The van der Waals surface area contributed by atoms with Gasteiger partial charge in [0.15, 0.2) is 0 Å². The van der Waals surface area contributed by atoms with Crippen LogP contribution in [0.25, 0.3) is 11.0 Å². The number of nitrogens with zero attached hydrogens (tertiary/aromatic N) is 2. The number of halogens is 1. The summed E-state index contributed by atoms with van der Waals surface area (Å²) in [5.41, 5.74) is 2.46. The molecule has 1 N–H and O–H groups in total. The van der Waals surface area contributed by atoms with E-state index in [1.54, 1.807) is 24.5 Å². The maximum Gasteiger partial charge on any atom is 0.146 e. The van der Waals surface area contributed by atoms with Gasteiger partial charge in [0.05, 0.1) is 29.7 Å². The van der Waals surface area contributed by atoms with E-state index in [4.69, 9.17) is 0 Å². The van der Waals surface area contributed by atoms with Gasteiger partial charge in [0.25, 0.3) is 0 Å². The van der Waals surface area contributed by atoms with Gasteiger partial charge in [-0.25, -0.2) is 9.37 Å². The van der Waals surface area contributed by atoms with Gasteiger partial charge in [0, 0.05) is 0 Å². The maximum absolute atomic E-state index is 13.4. The van der Waals surface area contributed by atoms with Crippen molar-refractivity contribution in [3.8, 4) is 0 Å². The van der Waals surface area contributed by atoms with E-state index >= 15 is 0 Å². The molecule has 0 radical (unpaired) electrons. The molecule has 0 bridgehead atoms. The predicted molar refractivity (Wildman–Crippen MR) is 69.8 cm³/mol. The predicted octanol–water partition coefficient (Wildman–Crippen LogP) is 3.25. The van der Waals surface area contributed by atoms with Crippen LogP contribution in [0.15, 0.2) is 54.9 Å². The molecular formula is C14H12FN3. The molecule has 4 heteroatoms. The molecule has 0 atom stereocenters. The number of nitrogens with one attached hydrogen (secondary N) is 1. The molecule has 1 aromatic heterocycles. The van der Waals surface area contributed by atoms with Crippen molar-refractivity contribution in [2.24, 2.45) is 0 Å². The molecule has 3 rings (SSSR count). The van der Waals surface area contributed by atoms with E-state index in [-0.39, 0.29) is 5.82 Å². The van der Waals surface area contributed by atoms with Gasteiger partial charge in [-0.05, 0) is 24.3 Å². The van der Waals surface area contributed by atoms with Gasteiger partial charge in [-0.1, -0.05) is 24.3 Å². The molecular weight excluding hydrogens is 229 g/mol. The Morgan fingerprint density at radius 3 is 2.72 bits per heavy atom. The molecule has 3 aromatic rings. The Morgan fingerprint density at radius 2 is 1.83 bits per heavy atom. The van der Waals surface area contributed by atoms with Gasteiger partial charge < -0.3 is 9.88 Å². The van der Waals surface area contributed by atoms with Gasteiger partial charge in [-0.2, -0.15) is 0 Å². The fourth-order valence-electron chi connectivity index (χ4n) is 1.91. The Kier molecular flexibility index (Phi) is 2.68. The van der Waals surface area contributed by atoms with Crippen LogP contribution in [0.1, 0.15) is 0 Å². The standard InChI is InChI=1S/C14H12FN3/c15-11-5-1-2-6-12(11)16-9-18-10-17-13-7-3-4-8-14(13)18/h1-8,10,16H,9H2. The summed E-state index contributed by atoms with van der Waals surface area (Å²) in [5, 5.41) is 3.06. The molecule has 0 fully saturated rings. The Labute approximate surface area is 104 Å². The number of aromatic nitrogens is 2. The molecule has 3 nitrogen and oxygen atoms in total. The molecule has 0 saturated carbocycles. The number of fused-ring (bicyclic) bond motifs is 1. The van der Waals surface area contributed by atoms with Crippen molar-refractivity contribution in [1.82, 2.24) is 9.55 Å². The Morgan fingerprint density at radius 1 is 1.06 bits per heavy atom. The topological polar surface area (TPSA) is 29.9 Å². The zero-order chi connectivity index (χ0) is 12.4. The first-order valence-electron chi connectivity index (χ1n) is 5.73. The van der Waals surface area contributed by atoms with Crippen LogP contribution in [-0.2, 0) is 6.67 Å². The second-order valence-corrected chi connectivity index (χ2v) is 4.02. The number of rotatable bonds is 3. The summed E-state index contributed by atoms with van der Waals surface area (Å²) < 4.78 is 15.4. The third kappa shape index (κ3) is 1.93. The van der Waals surface area contributed by atoms with Crippen molar-refractivity contribution < 1.29 is 4.39 Å². The highest BCUT2D eigenvalue weighted by atomic mass is 19.1. The Hall–Kier alpha value is -2.36. The third-order valence-electron chi connectivity index (χ3n) is 2.84. The van der Waals surface area contributed by atoms with E-state index in [1.165, 1.54) is 6.07 Å². The molecule has 1 heterocycles. The smallest absolute Gasteiger partial charge is 0.146 e. The van der Waals surface area contributed by atoms with Crippen LogP contribution < -0.4 is 5.32 Å². The minimum atomic E-state index is -0.248. The van der Waals surface area contributed by atoms with Crippen LogP contribution in [0, 0.1) is 5.82 Å². The molecule has 0 aliphatic heterocycles. The Bertz CT molecular complexity index is 675. The van der Waals surface area contributed by atoms with E-state index in [0.717, 1.165) is 11.0 Å². The second kappa shape index (κ2) is 4.49. The van der Waals surface area contributed by atoms with Gasteiger partial charge >= 0.3 is 0 Å². The summed E-state index contributed by atoms with van der Waals surface area (Å²) in [4.78, 5) is 4.28. The molecule has 0 unspecified atom stereocenters. The van der Waals surface area contributed by atoms with E-state index in [2.05, 4.69) is 10.3 Å². The van der Waals surface area contributed by atoms with E-state index < -0.39 is 0 Å². The highest BCUT2D eigenvalue weighted by Crippen LogP contribution is 2.15. The highest BCUT2D eigenvalue weighted by Gasteiger charge is 2.02. The average molecular weight is 241 g/mol. The van der Waals surface area contributed by atoms with Gasteiger partial charge in [0.2, 0.25) is 0 Å². The average Bonchev–Trinajstić information content (AvgIpc) is 2.81. The molecule has 0 amide bonds. The first-order valence-corrected chi connectivity index (χ1v) is 5.73. The van der Waals surface area contributed by atoms with Crippen LogP contribution >= 0.6 is 0 Å². The number of anilines is 1. The van der Waals surface area contributed by atoms with Gasteiger partial charge in [-0.3, -0.25) is 0 Å². The molecule has 90 valence electrons. The summed E-state index contributed by atoms with van der Waals surface area (Å²) >= 11 is 0. The first-order chi connectivity index (χ1) is 8.84. The number of hydrogen-bond acceptors (Lipinski definition) is 2. The van der Waals surface area contributed by atoms with Crippen LogP contribution in [0.3, 0.4) is 0 Å². The SMILES string of the molecule is Fc1ccccc1NCn1cnc2ccccc21. The van der Waals surface area contributed by atoms with Gasteiger partial charge in [-0.15, -0.1) is 0 Å². The number of benzene rings is 2. The van der Waals surface area contributed by atoms with E-state index in [9.17, 15) is 4.39 Å². The monoisotopic (exact) mass is 241 g/mol. The number of imidazole rings is 1. The molecule has 2 aromatic carbocycles. The lowest BCUT2D eigenvalue weighted by atomic mass is 10.3. The summed E-state index contributed by atoms with van der Waals surface area (Å²) in [5.74, 6) is -0.248. The fraction of sp³-hybridized carbons (Fsp3) is 0.0714. The second-order valence-electron chi connectivity index (χ2n) is 4.02. The first kappa shape index (κ1) is 10.8.